The van der Waals surface area contributed by atoms with E-state index in [0.29, 0.717) is 6.54 Å². The number of likely N-dealkylation sites (tertiary alicyclic amines) is 1. The average Bonchev–Trinajstić information content (AvgIpc) is 3.16. The van der Waals surface area contributed by atoms with Crippen LogP contribution in [0.25, 0.3) is 0 Å². The highest BCUT2D eigenvalue weighted by Gasteiger charge is 2.42. The van der Waals surface area contributed by atoms with Crippen LogP contribution in [0.15, 0.2) is 23.0 Å². The van der Waals surface area contributed by atoms with E-state index in [1.807, 2.05) is 12.3 Å². The second-order valence-corrected chi connectivity index (χ2v) is 6.99. The predicted molar refractivity (Wildman–Crippen MR) is 87.1 cm³/mol. The summed E-state index contributed by atoms with van der Waals surface area (Å²) >= 11 is 0. The number of rotatable bonds is 4. The van der Waals surface area contributed by atoms with Gasteiger partial charge in [-0.1, -0.05) is 0 Å². The highest BCUT2D eigenvalue weighted by Crippen LogP contribution is 2.37. The Morgan fingerprint density at radius 3 is 3.09 bits per heavy atom. The van der Waals surface area contributed by atoms with E-state index in [-0.39, 0.29) is 17.7 Å². The molecule has 2 aliphatic rings. The van der Waals surface area contributed by atoms with Gasteiger partial charge in [0.25, 0.3) is 0 Å². The molecule has 2 amide bonds. The first-order valence-corrected chi connectivity index (χ1v) is 8.43. The van der Waals surface area contributed by atoms with Gasteiger partial charge in [0.05, 0.1) is 24.2 Å². The largest absolute Gasteiger partial charge is 0.472 e. The average molecular weight is 321 g/mol. The van der Waals surface area contributed by atoms with E-state index in [4.69, 9.17) is 9.15 Å². The first-order chi connectivity index (χ1) is 11.1. The van der Waals surface area contributed by atoms with Crippen LogP contribution in [0.2, 0.25) is 0 Å². The molecule has 6 heteroatoms. The molecule has 2 aliphatic heterocycles. The topological polar surface area (TPSA) is 58.0 Å². The van der Waals surface area contributed by atoms with Crippen molar-refractivity contribution >= 4 is 6.03 Å². The Hall–Kier alpha value is -1.53. The van der Waals surface area contributed by atoms with Crippen LogP contribution in [0, 0.1) is 0 Å². The quantitative estimate of drug-likeness (QED) is 0.922. The SMILES string of the molecule is CN(C)C(=O)NC[C@@H]1CCC[C@@]2(CCN(Cc3ccoc3)C2)O1. The number of nitrogens with zero attached hydrogens (tertiary/aromatic N) is 2. The van der Waals surface area contributed by atoms with Crippen molar-refractivity contribution in [3.05, 3.63) is 24.2 Å². The van der Waals surface area contributed by atoms with E-state index < -0.39 is 0 Å². The van der Waals surface area contributed by atoms with Crippen molar-refractivity contribution < 1.29 is 13.9 Å². The zero-order valence-corrected chi connectivity index (χ0v) is 14.1. The van der Waals surface area contributed by atoms with Crippen LogP contribution in [-0.4, -0.2) is 61.3 Å². The molecule has 0 aliphatic carbocycles. The van der Waals surface area contributed by atoms with Crippen molar-refractivity contribution in [2.45, 2.75) is 43.9 Å². The molecule has 1 aromatic heterocycles. The fourth-order valence-corrected chi connectivity index (χ4v) is 3.63. The third-order valence-corrected chi connectivity index (χ3v) is 4.84. The van der Waals surface area contributed by atoms with Crippen molar-refractivity contribution in [3.63, 3.8) is 0 Å². The van der Waals surface area contributed by atoms with Gasteiger partial charge in [0.1, 0.15) is 0 Å². The number of ether oxygens (including phenoxy) is 1. The normalized spacial score (nSPS) is 28.2. The van der Waals surface area contributed by atoms with E-state index in [1.54, 1.807) is 25.3 Å². The molecule has 1 N–H and O–H groups in total. The van der Waals surface area contributed by atoms with Gasteiger partial charge >= 0.3 is 6.03 Å². The van der Waals surface area contributed by atoms with Crippen LogP contribution < -0.4 is 5.32 Å². The molecule has 3 rings (SSSR count). The number of carbonyl (C=O) groups excluding carboxylic acids is 1. The molecule has 128 valence electrons. The minimum atomic E-state index is -0.0544. The van der Waals surface area contributed by atoms with Gasteiger partial charge in [-0.3, -0.25) is 4.90 Å². The van der Waals surface area contributed by atoms with E-state index in [9.17, 15) is 4.79 Å². The van der Waals surface area contributed by atoms with E-state index in [2.05, 4.69) is 10.2 Å². The summed E-state index contributed by atoms with van der Waals surface area (Å²) in [4.78, 5) is 15.7. The minimum Gasteiger partial charge on any atom is -0.472 e. The molecular formula is C17H27N3O3. The smallest absolute Gasteiger partial charge is 0.316 e. The maximum absolute atomic E-state index is 11.7. The summed E-state index contributed by atoms with van der Waals surface area (Å²) in [6.07, 6.45) is 8.05. The standard InChI is InChI=1S/C17H27N3O3/c1-19(2)16(21)18-10-15-4-3-6-17(23-15)7-8-20(13-17)11-14-5-9-22-12-14/h5,9,12,15H,3-4,6-8,10-11,13H2,1-2H3,(H,18,21)/t15-,17-/m0/s1. The lowest BCUT2D eigenvalue weighted by Gasteiger charge is -2.39. The Morgan fingerprint density at radius 2 is 2.35 bits per heavy atom. The van der Waals surface area contributed by atoms with E-state index >= 15 is 0 Å². The van der Waals surface area contributed by atoms with Gasteiger partial charge in [0.15, 0.2) is 0 Å². The van der Waals surface area contributed by atoms with Crippen LogP contribution in [-0.2, 0) is 11.3 Å². The number of furan rings is 1. The molecule has 6 nitrogen and oxygen atoms in total. The van der Waals surface area contributed by atoms with Crippen LogP contribution in [0.3, 0.4) is 0 Å². The summed E-state index contributed by atoms with van der Waals surface area (Å²) in [5, 5.41) is 2.94. The number of carbonyl (C=O) groups is 1. The van der Waals surface area contributed by atoms with Crippen molar-refractivity contribution in [2.24, 2.45) is 0 Å². The Balaban J connectivity index is 1.50. The molecule has 2 saturated heterocycles. The number of hydrogen-bond acceptors (Lipinski definition) is 4. The molecule has 0 unspecified atom stereocenters. The molecule has 2 fully saturated rings. The molecule has 1 spiro atoms. The molecule has 0 radical (unpaired) electrons. The zero-order chi connectivity index (χ0) is 16.3. The third-order valence-electron chi connectivity index (χ3n) is 4.84. The molecule has 23 heavy (non-hydrogen) atoms. The van der Waals surface area contributed by atoms with Gasteiger partial charge in [-0.05, 0) is 31.7 Å². The Morgan fingerprint density at radius 1 is 1.48 bits per heavy atom. The van der Waals surface area contributed by atoms with Crippen LogP contribution in [0.1, 0.15) is 31.2 Å². The fraction of sp³-hybridized carbons (Fsp3) is 0.706. The maximum Gasteiger partial charge on any atom is 0.316 e. The second kappa shape index (κ2) is 6.93. The van der Waals surface area contributed by atoms with E-state index in [1.165, 1.54) is 12.0 Å². The van der Waals surface area contributed by atoms with Crippen LogP contribution in [0.5, 0.6) is 0 Å². The zero-order valence-electron chi connectivity index (χ0n) is 14.1. The van der Waals surface area contributed by atoms with Gasteiger partial charge in [0.2, 0.25) is 0 Å². The summed E-state index contributed by atoms with van der Waals surface area (Å²) in [5.41, 5.74) is 1.18. The number of amides is 2. The lowest BCUT2D eigenvalue weighted by Crippen LogP contribution is -2.48. The van der Waals surface area contributed by atoms with Crippen LogP contribution >= 0.6 is 0 Å². The predicted octanol–water partition coefficient (Wildman–Crippen LogP) is 2.06. The van der Waals surface area contributed by atoms with Gasteiger partial charge in [-0.15, -0.1) is 0 Å². The summed E-state index contributed by atoms with van der Waals surface area (Å²) in [6, 6.07) is 1.97. The lowest BCUT2D eigenvalue weighted by atomic mass is 9.90. The summed E-state index contributed by atoms with van der Waals surface area (Å²) in [5.74, 6) is 0. The highest BCUT2D eigenvalue weighted by atomic mass is 16.5. The second-order valence-electron chi connectivity index (χ2n) is 6.99. The molecule has 1 aromatic rings. The molecule has 3 heterocycles. The van der Waals surface area contributed by atoms with Crippen molar-refractivity contribution in [1.29, 1.82) is 0 Å². The minimum absolute atomic E-state index is 0.0322. The van der Waals surface area contributed by atoms with Crippen molar-refractivity contribution in [1.82, 2.24) is 15.1 Å². The first kappa shape index (κ1) is 16.3. The van der Waals surface area contributed by atoms with Gasteiger partial charge in [0, 0.05) is 45.8 Å². The lowest BCUT2D eigenvalue weighted by molar-refractivity contribution is -0.118. The van der Waals surface area contributed by atoms with Crippen LogP contribution in [0.4, 0.5) is 4.79 Å². The number of nitrogens with one attached hydrogen (secondary N) is 1. The molecular weight excluding hydrogens is 294 g/mol. The number of urea groups is 1. The third kappa shape index (κ3) is 4.06. The summed E-state index contributed by atoms with van der Waals surface area (Å²) in [7, 11) is 3.51. The van der Waals surface area contributed by atoms with Gasteiger partial charge < -0.3 is 19.4 Å². The molecule has 0 bridgehead atoms. The van der Waals surface area contributed by atoms with Crippen molar-refractivity contribution in [2.75, 3.05) is 33.7 Å². The van der Waals surface area contributed by atoms with Gasteiger partial charge in [-0.25, -0.2) is 4.79 Å². The van der Waals surface area contributed by atoms with Crippen molar-refractivity contribution in [3.8, 4) is 0 Å². The maximum atomic E-state index is 11.7. The number of hydrogen-bond donors (Lipinski definition) is 1. The Bertz CT molecular complexity index is 517. The highest BCUT2D eigenvalue weighted by molar-refractivity contribution is 5.73. The summed E-state index contributed by atoms with van der Waals surface area (Å²) < 4.78 is 11.6. The Kier molecular flexibility index (Phi) is 4.92. The van der Waals surface area contributed by atoms with Gasteiger partial charge in [-0.2, -0.15) is 0 Å². The Labute approximate surface area is 137 Å². The molecule has 0 saturated carbocycles. The molecule has 0 aromatic carbocycles. The first-order valence-electron chi connectivity index (χ1n) is 8.43. The fourth-order valence-electron chi connectivity index (χ4n) is 3.63. The summed E-state index contributed by atoms with van der Waals surface area (Å²) in [6.45, 7) is 3.54. The monoisotopic (exact) mass is 321 g/mol. The molecule has 2 atom stereocenters. The van der Waals surface area contributed by atoms with E-state index in [0.717, 1.165) is 38.9 Å².